The molecule has 4 nitrogen and oxygen atoms in total. The number of aliphatic hydroxyl groups excluding tert-OH is 1. The van der Waals surface area contributed by atoms with Crippen LogP contribution in [0.1, 0.15) is 11.3 Å². The molecule has 2 aromatic rings. The molecule has 0 radical (unpaired) electrons. The second-order valence-corrected chi connectivity index (χ2v) is 3.71. The van der Waals surface area contributed by atoms with E-state index in [0.29, 0.717) is 5.56 Å². The standard InChI is InChI=1S/C12H13FN2O2/c1-15-8-14-5-10(15)7-17-12-3-2-9(6-16)4-11(12)13/h2-5,8,16H,6-7H2,1H3. The van der Waals surface area contributed by atoms with Crippen molar-refractivity contribution in [1.29, 1.82) is 0 Å². The highest BCUT2D eigenvalue weighted by Gasteiger charge is 2.06. The van der Waals surface area contributed by atoms with E-state index in [1.807, 2.05) is 7.05 Å². The van der Waals surface area contributed by atoms with Gasteiger partial charge in [0.15, 0.2) is 11.6 Å². The Morgan fingerprint density at radius 1 is 1.47 bits per heavy atom. The van der Waals surface area contributed by atoms with Crippen LogP contribution in [0.3, 0.4) is 0 Å². The van der Waals surface area contributed by atoms with Gasteiger partial charge in [-0.15, -0.1) is 0 Å². The van der Waals surface area contributed by atoms with E-state index < -0.39 is 5.82 Å². The number of aromatic nitrogens is 2. The molecule has 1 N–H and O–H groups in total. The molecule has 1 aromatic carbocycles. The van der Waals surface area contributed by atoms with E-state index in [4.69, 9.17) is 9.84 Å². The number of nitrogens with zero attached hydrogens (tertiary/aromatic N) is 2. The molecule has 0 saturated carbocycles. The number of aliphatic hydroxyl groups is 1. The molecule has 0 aliphatic rings. The van der Waals surface area contributed by atoms with Gasteiger partial charge in [0, 0.05) is 7.05 Å². The summed E-state index contributed by atoms with van der Waals surface area (Å²) in [5, 5.41) is 8.85. The third-order valence-corrected chi connectivity index (χ3v) is 2.47. The monoisotopic (exact) mass is 236 g/mol. The van der Waals surface area contributed by atoms with Crippen LogP contribution in [0.4, 0.5) is 4.39 Å². The average Bonchev–Trinajstić information content (AvgIpc) is 2.73. The summed E-state index contributed by atoms with van der Waals surface area (Å²) in [5.74, 6) is -0.304. The van der Waals surface area contributed by atoms with Gasteiger partial charge in [-0.25, -0.2) is 9.37 Å². The molecule has 0 atom stereocenters. The first-order valence-electron chi connectivity index (χ1n) is 5.18. The Labute approximate surface area is 98.3 Å². The van der Waals surface area contributed by atoms with Crippen LogP contribution >= 0.6 is 0 Å². The Morgan fingerprint density at radius 3 is 2.88 bits per heavy atom. The van der Waals surface area contributed by atoms with E-state index in [2.05, 4.69) is 4.98 Å². The molecule has 0 fully saturated rings. The fourth-order valence-corrected chi connectivity index (χ4v) is 1.44. The lowest BCUT2D eigenvalue weighted by molar-refractivity contribution is 0.274. The van der Waals surface area contributed by atoms with Crippen LogP contribution in [0, 0.1) is 5.82 Å². The lowest BCUT2D eigenvalue weighted by Crippen LogP contribution is -2.02. The molecular weight excluding hydrogens is 223 g/mol. The summed E-state index contributed by atoms with van der Waals surface area (Å²) in [6, 6.07) is 4.40. The van der Waals surface area contributed by atoms with Gasteiger partial charge in [-0.3, -0.25) is 0 Å². The summed E-state index contributed by atoms with van der Waals surface area (Å²) in [7, 11) is 1.84. The molecule has 1 aromatic heterocycles. The number of rotatable bonds is 4. The van der Waals surface area contributed by atoms with Crippen molar-refractivity contribution in [3.05, 3.63) is 47.8 Å². The summed E-state index contributed by atoms with van der Waals surface area (Å²) in [5.41, 5.74) is 1.38. The molecule has 0 saturated heterocycles. The lowest BCUT2D eigenvalue weighted by atomic mass is 10.2. The van der Waals surface area contributed by atoms with Crippen molar-refractivity contribution < 1.29 is 14.2 Å². The van der Waals surface area contributed by atoms with E-state index in [1.165, 1.54) is 12.1 Å². The SMILES string of the molecule is Cn1cncc1COc1ccc(CO)cc1F. The van der Waals surface area contributed by atoms with Gasteiger partial charge in [-0.05, 0) is 17.7 Å². The van der Waals surface area contributed by atoms with Gasteiger partial charge >= 0.3 is 0 Å². The maximum atomic E-state index is 13.5. The van der Waals surface area contributed by atoms with E-state index in [0.717, 1.165) is 5.69 Å². The van der Waals surface area contributed by atoms with Crippen LogP contribution in [-0.4, -0.2) is 14.7 Å². The van der Waals surface area contributed by atoms with Crippen LogP contribution in [-0.2, 0) is 20.3 Å². The Morgan fingerprint density at radius 2 is 2.29 bits per heavy atom. The molecule has 0 unspecified atom stereocenters. The van der Waals surface area contributed by atoms with Gasteiger partial charge < -0.3 is 14.4 Å². The Kier molecular flexibility index (Phi) is 3.39. The van der Waals surface area contributed by atoms with E-state index >= 15 is 0 Å². The first-order valence-corrected chi connectivity index (χ1v) is 5.18. The number of aryl methyl sites for hydroxylation is 1. The second-order valence-electron chi connectivity index (χ2n) is 3.71. The third-order valence-electron chi connectivity index (χ3n) is 2.47. The summed E-state index contributed by atoms with van der Waals surface area (Å²) < 4.78 is 20.7. The molecule has 0 bridgehead atoms. The molecule has 17 heavy (non-hydrogen) atoms. The minimum atomic E-state index is -0.473. The normalized spacial score (nSPS) is 10.5. The van der Waals surface area contributed by atoms with Gasteiger partial charge in [0.2, 0.25) is 0 Å². The summed E-state index contributed by atoms with van der Waals surface area (Å²) in [4.78, 5) is 3.94. The van der Waals surface area contributed by atoms with E-state index in [1.54, 1.807) is 23.2 Å². The van der Waals surface area contributed by atoms with Crippen molar-refractivity contribution in [3.63, 3.8) is 0 Å². The maximum absolute atomic E-state index is 13.5. The fourth-order valence-electron chi connectivity index (χ4n) is 1.44. The first kappa shape index (κ1) is 11.6. The van der Waals surface area contributed by atoms with E-state index in [9.17, 15) is 4.39 Å². The Bertz CT molecular complexity index is 511. The molecule has 0 aliphatic heterocycles. The topological polar surface area (TPSA) is 47.3 Å². The molecule has 2 rings (SSSR count). The molecule has 5 heteroatoms. The van der Waals surface area contributed by atoms with Crippen molar-refractivity contribution in [1.82, 2.24) is 9.55 Å². The molecular formula is C12H13FN2O2. The predicted octanol–water partition coefficient (Wildman–Crippen LogP) is 1.63. The van der Waals surface area contributed by atoms with Crippen LogP contribution in [0.5, 0.6) is 5.75 Å². The van der Waals surface area contributed by atoms with Crippen molar-refractivity contribution >= 4 is 0 Å². The fraction of sp³-hybridized carbons (Fsp3) is 0.250. The van der Waals surface area contributed by atoms with Crippen LogP contribution < -0.4 is 4.74 Å². The van der Waals surface area contributed by atoms with Crippen molar-refractivity contribution in [2.75, 3.05) is 0 Å². The zero-order chi connectivity index (χ0) is 12.3. The summed E-state index contributed by atoms with van der Waals surface area (Å²) in [6.07, 6.45) is 3.32. The van der Waals surface area contributed by atoms with Crippen LogP contribution in [0.25, 0.3) is 0 Å². The first-order chi connectivity index (χ1) is 8.20. The highest BCUT2D eigenvalue weighted by atomic mass is 19.1. The predicted molar refractivity (Wildman–Crippen MR) is 59.9 cm³/mol. The number of hydrogen-bond donors (Lipinski definition) is 1. The summed E-state index contributed by atoms with van der Waals surface area (Å²) >= 11 is 0. The quantitative estimate of drug-likeness (QED) is 0.877. The number of hydrogen-bond acceptors (Lipinski definition) is 3. The van der Waals surface area contributed by atoms with Gasteiger partial charge in [-0.2, -0.15) is 0 Å². The van der Waals surface area contributed by atoms with Crippen LogP contribution in [0.2, 0.25) is 0 Å². The number of halogens is 1. The zero-order valence-electron chi connectivity index (χ0n) is 9.43. The van der Waals surface area contributed by atoms with Gasteiger partial charge in [0.25, 0.3) is 0 Å². The number of benzene rings is 1. The smallest absolute Gasteiger partial charge is 0.165 e. The number of imidazole rings is 1. The van der Waals surface area contributed by atoms with Crippen molar-refractivity contribution in [2.24, 2.45) is 7.05 Å². The Balaban J connectivity index is 2.07. The Hall–Kier alpha value is -1.88. The maximum Gasteiger partial charge on any atom is 0.165 e. The molecule has 0 amide bonds. The van der Waals surface area contributed by atoms with E-state index in [-0.39, 0.29) is 19.0 Å². The third kappa shape index (κ3) is 2.62. The van der Waals surface area contributed by atoms with Crippen LogP contribution in [0.15, 0.2) is 30.7 Å². The minimum Gasteiger partial charge on any atom is -0.484 e. The average molecular weight is 236 g/mol. The summed E-state index contributed by atoms with van der Waals surface area (Å²) in [6.45, 7) is 0.0742. The molecule has 1 heterocycles. The number of ether oxygens (including phenoxy) is 1. The largest absolute Gasteiger partial charge is 0.484 e. The zero-order valence-corrected chi connectivity index (χ0v) is 9.43. The highest BCUT2D eigenvalue weighted by Crippen LogP contribution is 2.19. The minimum absolute atomic E-state index is 0.170. The van der Waals surface area contributed by atoms with Gasteiger partial charge in [-0.1, -0.05) is 6.07 Å². The molecule has 90 valence electrons. The lowest BCUT2D eigenvalue weighted by Gasteiger charge is -2.08. The van der Waals surface area contributed by atoms with Crippen molar-refractivity contribution in [2.45, 2.75) is 13.2 Å². The van der Waals surface area contributed by atoms with Gasteiger partial charge in [0.05, 0.1) is 24.8 Å². The van der Waals surface area contributed by atoms with Crippen molar-refractivity contribution in [3.8, 4) is 5.75 Å². The molecule has 0 spiro atoms. The highest BCUT2D eigenvalue weighted by molar-refractivity contribution is 5.29. The van der Waals surface area contributed by atoms with Gasteiger partial charge in [0.1, 0.15) is 6.61 Å². The second kappa shape index (κ2) is 4.97. The molecule has 0 aliphatic carbocycles.